The topological polar surface area (TPSA) is 63.6 Å². The van der Waals surface area contributed by atoms with E-state index >= 15 is 0 Å². The highest BCUT2D eigenvalue weighted by atomic mass is 35.5. The van der Waals surface area contributed by atoms with Crippen molar-refractivity contribution >= 4 is 23.4 Å². The summed E-state index contributed by atoms with van der Waals surface area (Å²) in [6, 6.07) is 0. The van der Waals surface area contributed by atoms with Crippen molar-refractivity contribution in [3.63, 3.8) is 0 Å². The Kier molecular flexibility index (Phi) is 3.65. The van der Waals surface area contributed by atoms with Gasteiger partial charge in [-0.3, -0.25) is 9.59 Å². The SMILES string of the molecule is C[C@@]12OC(=O)[C@]1([C@@H](O)[C@@H]1C=CCCC1)CC(=O)[C@H]2CCCl. The monoisotopic (exact) mass is 312 g/mol. The average molecular weight is 313 g/mol. The van der Waals surface area contributed by atoms with E-state index in [2.05, 4.69) is 0 Å². The van der Waals surface area contributed by atoms with Gasteiger partial charge in [0.05, 0.1) is 12.0 Å². The summed E-state index contributed by atoms with van der Waals surface area (Å²) in [6.07, 6.45) is 6.58. The lowest BCUT2D eigenvalue weighted by atomic mass is 9.60. The van der Waals surface area contributed by atoms with Gasteiger partial charge >= 0.3 is 5.97 Å². The minimum atomic E-state index is -1.08. The lowest BCUT2D eigenvalue weighted by Crippen LogP contribution is -2.70. The molecule has 0 radical (unpaired) electrons. The Morgan fingerprint density at radius 1 is 1.52 bits per heavy atom. The zero-order valence-corrected chi connectivity index (χ0v) is 12.9. The third-order valence-corrected chi connectivity index (χ3v) is 5.88. The molecule has 1 saturated heterocycles. The zero-order chi connectivity index (χ0) is 15.3. The van der Waals surface area contributed by atoms with Crippen LogP contribution in [0, 0.1) is 17.3 Å². The number of ketones is 1. The van der Waals surface area contributed by atoms with E-state index in [-0.39, 0.29) is 18.1 Å². The van der Waals surface area contributed by atoms with E-state index < -0.39 is 29.0 Å². The van der Waals surface area contributed by atoms with Crippen LogP contribution in [0.3, 0.4) is 0 Å². The summed E-state index contributed by atoms with van der Waals surface area (Å²) < 4.78 is 5.40. The van der Waals surface area contributed by atoms with Crippen molar-refractivity contribution in [1.29, 1.82) is 0 Å². The molecule has 0 amide bonds. The fraction of sp³-hybridized carbons (Fsp3) is 0.750. The first-order valence-corrected chi connectivity index (χ1v) is 8.17. The van der Waals surface area contributed by atoms with Gasteiger partial charge in [0.1, 0.15) is 16.8 Å². The molecule has 2 aliphatic carbocycles. The van der Waals surface area contributed by atoms with Gasteiger partial charge in [0.15, 0.2) is 0 Å². The fourth-order valence-electron chi connectivity index (χ4n) is 4.40. The second-order valence-electron chi connectivity index (χ2n) is 6.61. The van der Waals surface area contributed by atoms with Crippen LogP contribution in [0.25, 0.3) is 0 Å². The Hall–Kier alpha value is -0.870. The van der Waals surface area contributed by atoms with Crippen molar-refractivity contribution in [3.05, 3.63) is 12.2 Å². The lowest BCUT2D eigenvalue weighted by molar-refractivity contribution is -0.262. The number of halogens is 1. The number of allylic oxidation sites excluding steroid dienone is 1. The minimum Gasteiger partial charge on any atom is -0.457 e. The number of alkyl halides is 1. The van der Waals surface area contributed by atoms with E-state index in [1.54, 1.807) is 6.92 Å². The minimum absolute atomic E-state index is 0.0113. The van der Waals surface area contributed by atoms with Crippen molar-refractivity contribution < 1.29 is 19.4 Å². The molecule has 0 aromatic rings. The number of aliphatic hydroxyl groups excluding tert-OH is 1. The van der Waals surface area contributed by atoms with Crippen molar-refractivity contribution in [2.24, 2.45) is 17.3 Å². The average Bonchev–Trinajstić information content (AvgIpc) is 2.65. The Bertz CT molecular complexity index is 503. The Morgan fingerprint density at radius 2 is 2.29 bits per heavy atom. The predicted molar refractivity (Wildman–Crippen MR) is 77.9 cm³/mol. The number of hydrogen-bond donors (Lipinski definition) is 1. The molecule has 0 bridgehead atoms. The van der Waals surface area contributed by atoms with Gasteiger partial charge in [-0.05, 0) is 32.6 Å². The van der Waals surface area contributed by atoms with Crippen molar-refractivity contribution in [2.45, 2.75) is 50.7 Å². The van der Waals surface area contributed by atoms with Crippen molar-refractivity contribution in [2.75, 3.05) is 5.88 Å². The molecular formula is C16H21ClO4. The van der Waals surface area contributed by atoms with Crippen molar-refractivity contribution in [3.8, 4) is 0 Å². The van der Waals surface area contributed by atoms with Crippen LogP contribution in [-0.2, 0) is 14.3 Å². The fourth-order valence-corrected chi connectivity index (χ4v) is 4.62. The van der Waals surface area contributed by atoms with Crippen LogP contribution in [0.15, 0.2) is 12.2 Å². The standard InChI is InChI=1S/C16H21ClO4/c1-15-11(7-8-17)12(18)9-16(15,14(20)21-15)13(19)10-5-3-2-4-6-10/h3,5,10-11,13,19H,2,4,6-9H2,1H3/t10-,11-,13+,15+,16-/m1/s1. The zero-order valence-electron chi connectivity index (χ0n) is 12.2. The lowest BCUT2D eigenvalue weighted by Gasteiger charge is -2.55. The van der Waals surface area contributed by atoms with E-state index in [0.717, 1.165) is 19.3 Å². The largest absolute Gasteiger partial charge is 0.457 e. The van der Waals surface area contributed by atoms with Gasteiger partial charge in [-0.2, -0.15) is 0 Å². The summed E-state index contributed by atoms with van der Waals surface area (Å²) >= 11 is 5.79. The highest BCUT2D eigenvalue weighted by Crippen LogP contribution is 2.62. The Balaban J connectivity index is 1.94. The maximum Gasteiger partial charge on any atom is 0.319 e. The summed E-state index contributed by atoms with van der Waals surface area (Å²) in [5, 5.41) is 10.9. The van der Waals surface area contributed by atoms with Gasteiger partial charge < -0.3 is 9.84 Å². The van der Waals surface area contributed by atoms with Crippen LogP contribution in [0.4, 0.5) is 0 Å². The predicted octanol–water partition coefficient (Wildman–Crippen LogP) is 2.22. The van der Waals surface area contributed by atoms with E-state index in [1.165, 1.54) is 0 Å². The number of carbonyl (C=O) groups excluding carboxylic acids is 2. The van der Waals surface area contributed by atoms with E-state index in [9.17, 15) is 14.7 Å². The summed E-state index contributed by atoms with van der Waals surface area (Å²) in [5.74, 6) is -0.563. The van der Waals surface area contributed by atoms with Crippen LogP contribution < -0.4 is 0 Å². The van der Waals surface area contributed by atoms with Crippen LogP contribution in [0.2, 0.25) is 0 Å². The Labute approximate surface area is 129 Å². The molecule has 0 spiro atoms. The smallest absolute Gasteiger partial charge is 0.319 e. The molecule has 0 aromatic heterocycles. The summed E-state index contributed by atoms with van der Waals surface area (Å²) in [5.41, 5.74) is -1.98. The summed E-state index contributed by atoms with van der Waals surface area (Å²) in [6.45, 7) is 1.78. The normalized spacial score (nSPS) is 43.2. The first-order valence-electron chi connectivity index (χ1n) is 7.64. The van der Waals surface area contributed by atoms with Gasteiger partial charge in [-0.1, -0.05) is 12.2 Å². The van der Waals surface area contributed by atoms with Gasteiger partial charge in [0.2, 0.25) is 0 Å². The number of Topliss-reactive ketones (excluding diaryl/α,β-unsaturated/α-hetero) is 1. The number of carbonyl (C=O) groups is 2. The highest BCUT2D eigenvalue weighted by Gasteiger charge is 2.78. The van der Waals surface area contributed by atoms with Gasteiger partial charge in [-0.15, -0.1) is 11.6 Å². The molecule has 1 aliphatic heterocycles. The second-order valence-corrected chi connectivity index (χ2v) is 6.99. The molecule has 0 aromatic carbocycles. The number of rotatable bonds is 4. The Morgan fingerprint density at radius 3 is 2.86 bits per heavy atom. The molecule has 3 rings (SSSR count). The van der Waals surface area contributed by atoms with E-state index in [4.69, 9.17) is 16.3 Å². The number of hydrogen-bond acceptors (Lipinski definition) is 4. The molecule has 116 valence electrons. The number of ether oxygens (including phenoxy) is 1. The van der Waals surface area contributed by atoms with Crippen LogP contribution in [-0.4, -0.2) is 34.4 Å². The second kappa shape index (κ2) is 5.10. The first-order chi connectivity index (χ1) is 9.97. The molecule has 3 aliphatic rings. The third-order valence-electron chi connectivity index (χ3n) is 5.66. The molecule has 4 nitrogen and oxygen atoms in total. The first kappa shape index (κ1) is 15.0. The van der Waals surface area contributed by atoms with Gasteiger partial charge in [0, 0.05) is 18.2 Å². The number of esters is 1. The van der Waals surface area contributed by atoms with E-state index in [0.29, 0.717) is 12.3 Å². The maximum atomic E-state index is 12.3. The summed E-state index contributed by atoms with van der Waals surface area (Å²) in [7, 11) is 0. The molecule has 5 atom stereocenters. The third kappa shape index (κ3) is 1.85. The molecule has 0 unspecified atom stereocenters. The molecule has 1 N–H and O–H groups in total. The van der Waals surface area contributed by atoms with E-state index in [1.807, 2.05) is 12.2 Å². The highest BCUT2D eigenvalue weighted by molar-refractivity contribution is 6.18. The number of aliphatic hydroxyl groups is 1. The number of fused-ring (bicyclic) bond motifs is 1. The van der Waals surface area contributed by atoms with Crippen molar-refractivity contribution in [1.82, 2.24) is 0 Å². The van der Waals surface area contributed by atoms with Gasteiger partial charge in [-0.25, -0.2) is 0 Å². The molecule has 5 heteroatoms. The van der Waals surface area contributed by atoms with Gasteiger partial charge in [0.25, 0.3) is 0 Å². The molecule has 1 saturated carbocycles. The van der Waals surface area contributed by atoms with Crippen LogP contribution in [0.1, 0.15) is 39.0 Å². The van der Waals surface area contributed by atoms with Crippen LogP contribution in [0.5, 0.6) is 0 Å². The molecular weight excluding hydrogens is 292 g/mol. The molecule has 2 fully saturated rings. The molecule has 21 heavy (non-hydrogen) atoms. The molecule has 1 heterocycles. The quantitative estimate of drug-likeness (QED) is 0.491. The maximum absolute atomic E-state index is 12.3. The summed E-state index contributed by atoms with van der Waals surface area (Å²) in [4.78, 5) is 24.6. The van der Waals surface area contributed by atoms with Crippen LogP contribution >= 0.6 is 11.6 Å².